The molecule has 0 unspecified atom stereocenters. The van der Waals surface area contributed by atoms with Crippen molar-refractivity contribution in [2.45, 2.75) is 18.8 Å². The fraction of sp³-hybridized carbons (Fsp3) is 0.217. The van der Waals surface area contributed by atoms with Crippen LogP contribution in [0.4, 0.5) is 0 Å². The van der Waals surface area contributed by atoms with Crippen molar-refractivity contribution in [2.24, 2.45) is 0 Å². The van der Waals surface area contributed by atoms with Gasteiger partial charge in [0.25, 0.3) is 5.91 Å². The van der Waals surface area contributed by atoms with Crippen molar-refractivity contribution in [1.29, 1.82) is 0 Å². The molecule has 0 spiro atoms. The van der Waals surface area contributed by atoms with Gasteiger partial charge in [-0.15, -0.1) is 0 Å². The van der Waals surface area contributed by atoms with Crippen LogP contribution in [0.1, 0.15) is 34.9 Å². The SMILES string of the molecule is O=C(c1cccc2ccccc12)N1CCC(c2nc3ccccc3[nH]2)CC1. The van der Waals surface area contributed by atoms with Crippen molar-refractivity contribution in [3.63, 3.8) is 0 Å². The third-order valence-corrected chi connectivity index (χ3v) is 5.60. The van der Waals surface area contributed by atoms with Crippen LogP contribution in [-0.4, -0.2) is 33.9 Å². The average Bonchev–Trinajstić information content (AvgIpc) is 3.17. The van der Waals surface area contributed by atoms with Gasteiger partial charge in [0, 0.05) is 24.6 Å². The van der Waals surface area contributed by atoms with Crippen molar-refractivity contribution in [3.05, 3.63) is 78.1 Å². The molecule has 3 aromatic carbocycles. The Balaban J connectivity index is 1.34. The number of aromatic nitrogens is 2. The van der Waals surface area contributed by atoms with Crippen molar-refractivity contribution in [3.8, 4) is 0 Å². The van der Waals surface area contributed by atoms with Crippen molar-refractivity contribution >= 4 is 27.7 Å². The van der Waals surface area contributed by atoms with E-state index < -0.39 is 0 Å². The summed E-state index contributed by atoms with van der Waals surface area (Å²) >= 11 is 0. The number of imidazole rings is 1. The molecule has 1 amide bonds. The Hall–Kier alpha value is -3.14. The lowest BCUT2D eigenvalue weighted by molar-refractivity contribution is 0.0713. The number of hydrogen-bond donors (Lipinski definition) is 1. The standard InChI is InChI=1S/C23H21N3O/c27-23(19-9-5-7-16-6-1-2-8-18(16)19)26-14-12-17(13-15-26)22-24-20-10-3-4-11-21(20)25-22/h1-11,17H,12-15H2,(H,24,25). The zero-order valence-electron chi connectivity index (χ0n) is 15.1. The number of H-pyrrole nitrogens is 1. The number of likely N-dealkylation sites (tertiary alicyclic amines) is 1. The van der Waals surface area contributed by atoms with Crippen LogP contribution < -0.4 is 0 Å². The number of benzene rings is 3. The third kappa shape index (κ3) is 2.87. The maximum atomic E-state index is 13.1. The van der Waals surface area contributed by atoms with E-state index in [0.717, 1.165) is 59.1 Å². The Morgan fingerprint density at radius 1 is 0.926 bits per heavy atom. The van der Waals surface area contributed by atoms with E-state index >= 15 is 0 Å². The molecule has 0 aliphatic carbocycles. The van der Waals surface area contributed by atoms with Gasteiger partial charge < -0.3 is 9.88 Å². The van der Waals surface area contributed by atoms with E-state index in [1.165, 1.54) is 0 Å². The number of piperidine rings is 1. The summed E-state index contributed by atoms with van der Waals surface area (Å²) < 4.78 is 0. The van der Waals surface area contributed by atoms with E-state index in [2.05, 4.69) is 23.2 Å². The normalized spacial score (nSPS) is 15.5. The van der Waals surface area contributed by atoms with Gasteiger partial charge >= 0.3 is 0 Å². The summed E-state index contributed by atoms with van der Waals surface area (Å²) in [5.74, 6) is 1.57. The van der Waals surface area contributed by atoms with Crippen LogP contribution in [0.25, 0.3) is 21.8 Å². The molecule has 4 heteroatoms. The summed E-state index contributed by atoms with van der Waals surface area (Å²) in [6.07, 6.45) is 1.88. The molecule has 1 N–H and O–H groups in total. The summed E-state index contributed by atoms with van der Waals surface area (Å²) in [7, 11) is 0. The topological polar surface area (TPSA) is 49.0 Å². The van der Waals surface area contributed by atoms with Gasteiger partial charge in [-0.2, -0.15) is 0 Å². The molecule has 0 saturated carbocycles. The van der Waals surface area contributed by atoms with Gasteiger partial charge in [-0.1, -0.05) is 48.5 Å². The molecule has 1 aliphatic heterocycles. The van der Waals surface area contributed by atoms with Gasteiger partial charge in [-0.25, -0.2) is 4.98 Å². The molecule has 2 heterocycles. The number of para-hydroxylation sites is 2. The molecule has 4 aromatic rings. The Labute approximate surface area is 157 Å². The minimum Gasteiger partial charge on any atom is -0.342 e. The first-order valence-corrected chi connectivity index (χ1v) is 9.51. The minimum absolute atomic E-state index is 0.134. The minimum atomic E-state index is 0.134. The van der Waals surface area contributed by atoms with Crippen LogP contribution >= 0.6 is 0 Å². The van der Waals surface area contributed by atoms with Gasteiger partial charge in [-0.05, 0) is 41.8 Å². The number of nitrogens with zero attached hydrogens (tertiary/aromatic N) is 2. The quantitative estimate of drug-likeness (QED) is 0.565. The lowest BCUT2D eigenvalue weighted by atomic mass is 9.95. The molecule has 1 aliphatic rings. The Morgan fingerprint density at radius 2 is 1.67 bits per heavy atom. The zero-order chi connectivity index (χ0) is 18.2. The average molecular weight is 355 g/mol. The van der Waals surface area contributed by atoms with Crippen LogP contribution in [0.5, 0.6) is 0 Å². The number of rotatable bonds is 2. The molecular weight excluding hydrogens is 334 g/mol. The molecule has 134 valence electrons. The first kappa shape index (κ1) is 16.1. The van der Waals surface area contributed by atoms with E-state index in [1.54, 1.807) is 0 Å². The van der Waals surface area contributed by atoms with Crippen LogP contribution in [0.3, 0.4) is 0 Å². The van der Waals surface area contributed by atoms with Crippen molar-refractivity contribution < 1.29 is 4.79 Å². The van der Waals surface area contributed by atoms with Crippen LogP contribution in [0, 0.1) is 0 Å². The van der Waals surface area contributed by atoms with Crippen LogP contribution in [-0.2, 0) is 0 Å². The van der Waals surface area contributed by atoms with E-state index in [4.69, 9.17) is 4.98 Å². The Morgan fingerprint density at radius 3 is 2.52 bits per heavy atom. The Bertz CT molecular complexity index is 1080. The van der Waals surface area contributed by atoms with Gasteiger partial charge in [-0.3, -0.25) is 4.79 Å². The molecule has 27 heavy (non-hydrogen) atoms. The summed E-state index contributed by atoms with van der Waals surface area (Å²) in [6, 6.07) is 22.2. The highest BCUT2D eigenvalue weighted by atomic mass is 16.2. The van der Waals surface area contributed by atoms with E-state index in [0.29, 0.717) is 5.92 Å². The molecule has 5 rings (SSSR count). The third-order valence-electron chi connectivity index (χ3n) is 5.60. The maximum absolute atomic E-state index is 13.1. The molecular formula is C23H21N3O. The molecule has 0 bridgehead atoms. The monoisotopic (exact) mass is 355 g/mol. The van der Waals surface area contributed by atoms with Gasteiger partial charge in [0.05, 0.1) is 11.0 Å². The summed E-state index contributed by atoms with van der Waals surface area (Å²) in [6.45, 7) is 1.54. The lowest BCUT2D eigenvalue weighted by Crippen LogP contribution is -2.38. The van der Waals surface area contributed by atoms with Gasteiger partial charge in [0.2, 0.25) is 0 Å². The number of carbonyl (C=O) groups excluding carboxylic acids is 1. The number of carbonyl (C=O) groups is 1. The fourth-order valence-electron chi connectivity index (χ4n) is 4.10. The second kappa shape index (κ2) is 6.54. The summed E-state index contributed by atoms with van der Waals surface area (Å²) in [5, 5.41) is 2.14. The van der Waals surface area contributed by atoms with Gasteiger partial charge in [0.1, 0.15) is 5.82 Å². The highest BCUT2D eigenvalue weighted by Crippen LogP contribution is 2.29. The van der Waals surface area contributed by atoms with Gasteiger partial charge in [0.15, 0.2) is 0 Å². The number of aromatic amines is 1. The van der Waals surface area contributed by atoms with Crippen LogP contribution in [0.15, 0.2) is 66.7 Å². The van der Waals surface area contributed by atoms with E-state index in [-0.39, 0.29) is 5.91 Å². The van der Waals surface area contributed by atoms with E-state index in [9.17, 15) is 4.79 Å². The number of hydrogen-bond acceptors (Lipinski definition) is 2. The first-order valence-electron chi connectivity index (χ1n) is 9.51. The predicted octanol–water partition coefficient (Wildman–Crippen LogP) is 4.74. The van der Waals surface area contributed by atoms with Crippen LogP contribution in [0.2, 0.25) is 0 Å². The molecule has 4 nitrogen and oxygen atoms in total. The molecule has 1 aromatic heterocycles. The summed E-state index contributed by atoms with van der Waals surface area (Å²) in [5.41, 5.74) is 2.90. The highest BCUT2D eigenvalue weighted by molar-refractivity contribution is 6.07. The molecule has 1 saturated heterocycles. The molecule has 0 atom stereocenters. The molecule has 0 radical (unpaired) electrons. The van der Waals surface area contributed by atoms with E-state index in [1.807, 2.05) is 53.4 Å². The second-order valence-corrected chi connectivity index (χ2v) is 7.23. The second-order valence-electron chi connectivity index (χ2n) is 7.23. The van der Waals surface area contributed by atoms with Crippen molar-refractivity contribution in [2.75, 3.05) is 13.1 Å². The number of fused-ring (bicyclic) bond motifs is 2. The maximum Gasteiger partial charge on any atom is 0.254 e. The van der Waals surface area contributed by atoms with Crippen molar-refractivity contribution in [1.82, 2.24) is 14.9 Å². The smallest absolute Gasteiger partial charge is 0.254 e. The highest BCUT2D eigenvalue weighted by Gasteiger charge is 2.27. The molecule has 1 fully saturated rings. The number of amides is 1. The lowest BCUT2D eigenvalue weighted by Gasteiger charge is -2.31. The predicted molar refractivity (Wildman–Crippen MR) is 108 cm³/mol. The Kier molecular flexibility index (Phi) is 3.89. The first-order chi connectivity index (χ1) is 13.3. The number of nitrogens with one attached hydrogen (secondary N) is 1. The fourth-order valence-corrected chi connectivity index (χ4v) is 4.10. The summed E-state index contributed by atoms with van der Waals surface area (Å²) in [4.78, 5) is 23.3. The zero-order valence-corrected chi connectivity index (χ0v) is 15.1. The largest absolute Gasteiger partial charge is 0.342 e.